The van der Waals surface area contributed by atoms with Crippen LogP contribution >= 0.6 is 0 Å². The summed E-state index contributed by atoms with van der Waals surface area (Å²) >= 11 is 0. The number of nitrogens with zero attached hydrogens (tertiary/aromatic N) is 1. The van der Waals surface area contributed by atoms with Gasteiger partial charge in [-0.25, -0.2) is 0 Å². The monoisotopic (exact) mass is 266 g/mol. The highest BCUT2D eigenvalue weighted by Gasteiger charge is 2.36. The molecule has 0 spiro atoms. The third-order valence-electron chi connectivity index (χ3n) is 4.47. The van der Waals surface area contributed by atoms with Crippen LogP contribution in [-0.2, 0) is 4.79 Å². The van der Waals surface area contributed by atoms with E-state index in [0.717, 1.165) is 38.8 Å². The highest BCUT2D eigenvalue weighted by atomic mass is 16.2. The molecule has 0 aromatic rings. The first-order chi connectivity index (χ1) is 9.26. The maximum atomic E-state index is 12.8. The summed E-state index contributed by atoms with van der Waals surface area (Å²) in [5, 5.41) is 3.53. The van der Waals surface area contributed by atoms with Crippen molar-refractivity contribution < 1.29 is 4.79 Å². The van der Waals surface area contributed by atoms with Gasteiger partial charge < -0.3 is 10.2 Å². The van der Waals surface area contributed by atoms with Gasteiger partial charge in [0.1, 0.15) is 0 Å². The highest BCUT2D eigenvalue weighted by molar-refractivity contribution is 5.79. The molecule has 1 N–H and O–H groups in total. The number of carbonyl (C=O) groups excluding carboxylic acids is 1. The molecule has 2 aliphatic rings. The lowest BCUT2D eigenvalue weighted by atomic mass is 9.96. The Morgan fingerprint density at radius 1 is 1.21 bits per heavy atom. The van der Waals surface area contributed by atoms with E-state index in [0.29, 0.717) is 18.0 Å². The summed E-state index contributed by atoms with van der Waals surface area (Å²) in [4.78, 5) is 15.0. The molecular formula is C16H30N2O. The molecule has 2 rings (SSSR count). The predicted molar refractivity (Wildman–Crippen MR) is 79.1 cm³/mol. The molecule has 110 valence electrons. The van der Waals surface area contributed by atoms with Gasteiger partial charge in [-0.3, -0.25) is 4.79 Å². The van der Waals surface area contributed by atoms with Crippen LogP contribution in [0.5, 0.6) is 0 Å². The van der Waals surface area contributed by atoms with E-state index in [1.54, 1.807) is 0 Å². The largest absolute Gasteiger partial charge is 0.338 e. The fourth-order valence-corrected chi connectivity index (χ4v) is 3.28. The van der Waals surface area contributed by atoms with Gasteiger partial charge >= 0.3 is 0 Å². The van der Waals surface area contributed by atoms with Crippen LogP contribution in [0.3, 0.4) is 0 Å². The summed E-state index contributed by atoms with van der Waals surface area (Å²) in [6.07, 6.45) is 9.33. The average molecular weight is 266 g/mol. The molecule has 3 nitrogen and oxygen atoms in total. The van der Waals surface area contributed by atoms with Crippen molar-refractivity contribution in [2.45, 2.75) is 77.3 Å². The summed E-state index contributed by atoms with van der Waals surface area (Å²) in [6, 6.07) is 1.11. The molecule has 19 heavy (non-hydrogen) atoms. The molecular weight excluding hydrogens is 236 g/mol. The zero-order chi connectivity index (χ0) is 13.7. The van der Waals surface area contributed by atoms with Crippen LogP contribution in [0.15, 0.2) is 0 Å². The average Bonchev–Trinajstić information content (AvgIpc) is 3.12. The molecule has 1 amide bonds. The van der Waals surface area contributed by atoms with Crippen LogP contribution in [0.2, 0.25) is 0 Å². The van der Waals surface area contributed by atoms with Gasteiger partial charge in [-0.05, 0) is 45.1 Å². The third-order valence-corrected chi connectivity index (χ3v) is 4.47. The van der Waals surface area contributed by atoms with E-state index in [-0.39, 0.29) is 5.92 Å². The summed E-state index contributed by atoms with van der Waals surface area (Å²) in [5.74, 6) is 0.719. The van der Waals surface area contributed by atoms with Gasteiger partial charge in [0.05, 0.1) is 0 Å². The molecule has 0 aromatic carbocycles. The van der Waals surface area contributed by atoms with Crippen molar-refractivity contribution in [1.29, 1.82) is 0 Å². The zero-order valence-corrected chi connectivity index (χ0v) is 12.7. The standard InChI is InChI=1S/C16H30N2O/c1-3-6-13(7-4-2)16(19)18(15-9-10-15)12-14-8-5-11-17-14/h13-15,17H,3-12H2,1-2H3. The van der Waals surface area contributed by atoms with E-state index in [2.05, 4.69) is 24.1 Å². The Labute approximate surface area is 118 Å². The van der Waals surface area contributed by atoms with E-state index in [9.17, 15) is 4.79 Å². The van der Waals surface area contributed by atoms with Crippen LogP contribution in [0.4, 0.5) is 0 Å². The molecule has 1 aliphatic carbocycles. The van der Waals surface area contributed by atoms with Crippen LogP contribution in [0, 0.1) is 5.92 Å². The molecule has 1 atom stereocenters. The lowest BCUT2D eigenvalue weighted by Gasteiger charge is -2.29. The third kappa shape index (κ3) is 4.20. The second kappa shape index (κ2) is 7.28. The molecule has 0 radical (unpaired) electrons. The van der Waals surface area contributed by atoms with Crippen molar-refractivity contribution in [3.63, 3.8) is 0 Å². The normalized spacial score (nSPS) is 23.0. The van der Waals surface area contributed by atoms with Crippen molar-refractivity contribution in [2.75, 3.05) is 13.1 Å². The topological polar surface area (TPSA) is 32.3 Å². The van der Waals surface area contributed by atoms with Crippen LogP contribution in [-0.4, -0.2) is 36.0 Å². The molecule has 1 saturated carbocycles. The smallest absolute Gasteiger partial charge is 0.225 e. The Hall–Kier alpha value is -0.570. The van der Waals surface area contributed by atoms with Crippen molar-refractivity contribution in [1.82, 2.24) is 10.2 Å². The molecule has 1 saturated heterocycles. The summed E-state index contributed by atoms with van der Waals surface area (Å²) in [5.41, 5.74) is 0. The van der Waals surface area contributed by atoms with Gasteiger partial charge in [0.25, 0.3) is 0 Å². The first-order valence-corrected chi connectivity index (χ1v) is 8.30. The summed E-state index contributed by atoms with van der Waals surface area (Å²) in [6.45, 7) is 6.46. The fraction of sp³-hybridized carbons (Fsp3) is 0.938. The fourth-order valence-electron chi connectivity index (χ4n) is 3.28. The highest BCUT2D eigenvalue weighted by Crippen LogP contribution is 2.30. The molecule has 1 unspecified atom stereocenters. The number of amides is 1. The van der Waals surface area contributed by atoms with Crippen molar-refractivity contribution in [2.24, 2.45) is 5.92 Å². The summed E-state index contributed by atoms with van der Waals surface area (Å²) < 4.78 is 0. The minimum Gasteiger partial charge on any atom is -0.338 e. The number of hydrogen-bond acceptors (Lipinski definition) is 2. The summed E-state index contributed by atoms with van der Waals surface area (Å²) in [7, 11) is 0. The number of nitrogens with one attached hydrogen (secondary N) is 1. The first-order valence-electron chi connectivity index (χ1n) is 8.30. The van der Waals surface area contributed by atoms with Gasteiger partial charge in [-0.15, -0.1) is 0 Å². The lowest BCUT2D eigenvalue weighted by Crippen LogP contribution is -2.45. The van der Waals surface area contributed by atoms with E-state index in [1.807, 2.05) is 0 Å². The Balaban J connectivity index is 1.93. The molecule has 0 bridgehead atoms. The second-order valence-electron chi connectivity index (χ2n) is 6.29. The number of hydrogen-bond donors (Lipinski definition) is 1. The van der Waals surface area contributed by atoms with Crippen molar-refractivity contribution in [3.8, 4) is 0 Å². The van der Waals surface area contributed by atoms with Crippen molar-refractivity contribution >= 4 is 5.91 Å². The van der Waals surface area contributed by atoms with Gasteiger partial charge in [0, 0.05) is 24.5 Å². The van der Waals surface area contributed by atoms with Gasteiger partial charge in [0.2, 0.25) is 5.91 Å². The van der Waals surface area contributed by atoms with Crippen LogP contribution < -0.4 is 5.32 Å². The van der Waals surface area contributed by atoms with Gasteiger partial charge in [-0.2, -0.15) is 0 Å². The van der Waals surface area contributed by atoms with E-state index >= 15 is 0 Å². The van der Waals surface area contributed by atoms with Gasteiger partial charge in [0.15, 0.2) is 0 Å². The van der Waals surface area contributed by atoms with E-state index in [1.165, 1.54) is 25.7 Å². The Morgan fingerprint density at radius 2 is 1.89 bits per heavy atom. The molecule has 0 aromatic heterocycles. The van der Waals surface area contributed by atoms with Crippen LogP contribution in [0.25, 0.3) is 0 Å². The molecule has 1 heterocycles. The van der Waals surface area contributed by atoms with E-state index < -0.39 is 0 Å². The Bertz CT molecular complexity index is 276. The SMILES string of the molecule is CCCC(CCC)C(=O)N(CC1CCCN1)C1CC1. The van der Waals surface area contributed by atoms with E-state index in [4.69, 9.17) is 0 Å². The Kier molecular flexibility index (Phi) is 5.68. The molecule has 2 fully saturated rings. The minimum atomic E-state index is 0.275. The second-order valence-corrected chi connectivity index (χ2v) is 6.29. The number of carbonyl (C=O) groups is 1. The lowest BCUT2D eigenvalue weighted by molar-refractivity contribution is -0.137. The number of rotatable bonds is 8. The first kappa shape index (κ1) is 14.8. The van der Waals surface area contributed by atoms with Crippen molar-refractivity contribution in [3.05, 3.63) is 0 Å². The predicted octanol–water partition coefficient (Wildman–Crippen LogP) is 2.95. The maximum absolute atomic E-state index is 12.8. The molecule has 1 aliphatic heterocycles. The maximum Gasteiger partial charge on any atom is 0.225 e. The minimum absolute atomic E-state index is 0.275. The Morgan fingerprint density at radius 3 is 2.37 bits per heavy atom. The van der Waals surface area contributed by atoms with Crippen LogP contribution in [0.1, 0.15) is 65.2 Å². The molecule has 3 heteroatoms. The quantitative estimate of drug-likeness (QED) is 0.732. The zero-order valence-electron chi connectivity index (χ0n) is 12.7. The van der Waals surface area contributed by atoms with Gasteiger partial charge in [-0.1, -0.05) is 26.7 Å².